The number of carbonyl (C=O) groups excluding carboxylic acids is 2. The van der Waals surface area contributed by atoms with Crippen LogP contribution in [-0.2, 0) is 19.6 Å². The van der Waals surface area contributed by atoms with E-state index in [0.717, 1.165) is 9.21 Å². The van der Waals surface area contributed by atoms with Gasteiger partial charge in [0.15, 0.2) is 0 Å². The van der Waals surface area contributed by atoms with Crippen molar-refractivity contribution < 1.29 is 18.0 Å². The fourth-order valence-corrected chi connectivity index (χ4v) is 2.81. The van der Waals surface area contributed by atoms with Crippen LogP contribution >= 0.6 is 11.6 Å². The lowest BCUT2D eigenvalue weighted by Gasteiger charge is -2.21. The summed E-state index contributed by atoms with van der Waals surface area (Å²) in [6.07, 6.45) is 0. The van der Waals surface area contributed by atoms with Crippen LogP contribution in [0.15, 0.2) is 29.2 Å². The van der Waals surface area contributed by atoms with Crippen LogP contribution in [0.25, 0.3) is 0 Å². The highest BCUT2D eigenvalue weighted by Crippen LogP contribution is 2.17. The molecule has 9 heteroatoms. The Hall–Kier alpha value is -1.64. The smallest absolute Gasteiger partial charge is 0.243 e. The molecule has 0 aliphatic rings. The van der Waals surface area contributed by atoms with Crippen LogP contribution < -0.4 is 5.32 Å². The predicted octanol–water partition coefficient (Wildman–Crippen LogP) is 0.165. The van der Waals surface area contributed by atoms with E-state index in [1.807, 2.05) is 0 Å². The number of amides is 2. The lowest BCUT2D eigenvalue weighted by atomic mass is 10.4. The van der Waals surface area contributed by atoms with E-state index in [4.69, 9.17) is 11.6 Å². The molecule has 0 saturated heterocycles. The molecular weight excluding hydrogens is 330 g/mol. The van der Waals surface area contributed by atoms with E-state index in [9.17, 15) is 18.0 Å². The summed E-state index contributed by atoms with van der Waals surface area (Å²) in [6, 6.07) is 5.66. The average Bonchev–Trinajstić information content (AvgIpc) is 2.47. The zero-order chi connectivity index (χ0) is 16.9. The van der Waals surface area contributed by atoms with Crippen LogP contribution in [0.3, 0.4) is 0 Å². The molecule has 1 rings (SSSR count). The molecule has 0 saturated carbocycles. The first-order chi connectivity index (χ1) is 10.2. The molecule has 1 N–H and O–H groups in total. The largest absolute Gasteiger partial charge is 0.358 e. The summed E-state index contributed by atoms with van der Waals surface area (Å²) < 4.78 is 25.6. The second-order valence-electron chi connectivity index (χ2n) is 4.64. The maximum atomic E-state index is 12.3. The SMILES string of the molecule is CNC(=O)CN(C)C(=O)CN(C)S(=O)(=O)c1ccc(Cl)cc1. The van der Waals surface area contributed by atoms with Crippen molar-refractivity contribution in [3.8, 4) is 0 Å². The fraction of sp³-hybridized carbons (Fsp3) is 0.385. The van der Waals surface area contributed by atoms with Crippen molar-refractivity contribution in [2.75, 3.05) is 34.2 Å². The minimum absolute atomic E-state index is 0.0427. The molecule has 0 aliphatic heterocycles. The van der Waals surface area contributed by atoms with Crippen molar-refractivity contribution in [2.24, 2.45) is 0 Å². The topological polar surface area (TPSA) is 86.8 Å². The molecule has 1 aromatic carbocycles. The third-order valence-electron chi connectivity index (χ3n) is 2.97. The second kappa shape index (κ2) is 7.57. The van der Waals surface area contributed by atoms with Gasteiger partial charge in [0.1, 0.15) is 0 Å². The van der Waals surface area contributed by atoms with E-state index in [1.165, 1.54) is 45.4 Å². The summed E-state index contributed by atoms with van der Waals surface area (Å²) in [5, 5.41) is 2.81. The molecule has 0 fully saturated rings. The summed E-state index contributed by atoms with van der Waals surface area (Å²) in [5.74, 6) is -0.817. The standard InChI is InChI=1S/C13H18ClN3O4S/c1-15-12(18)8-16(2)13(19)9-17(3)22(20,21)11-6-4-10(14)5-7-11/h4-7H,8-9H2,1-3H3,(H,15,18). The van der Waals surface area contributed by atoms with Gasteiger partial charge >= 0.3 is 0 Å². The number of sulfonamides is 1. The van der Waals surface area contributed by atoms with E-state index in [-0.39, 0.29) is 23.9 Å². The number of carbonyl (C=O) groups is 2. The number of likely N-dealkylation sites (N-methyl/N-ethyl adjacent to an activating group) is 3. The first kappa shape index (κ1) is 18.4. The number of nitrogens with one attached hydrogen (secondary N) is 1. The zero-order valence-electron chi connectivity index (χ0n) is 12.5. The van der Waals surface area contributed by atoms with Crippen LogP contribution in [0.2, 0.25) is 5.02 Å². The van der Waals surface area contributed by atoms with Crippen molar-refractivity contribution in [3.63, 3.8) is 0 Å². The molecule has 0 atom stereocenters. The summed E-state index contributed by atoms with van der Waals surface area (Å²) in [5.41, 5.74) is 0. The highest BCUT2D eigenvalue weighted by molar-refractivity contribution is 7.89. The van der Waals surface area contributed by atoms with Gasteiger partial charge in [0.2, 0.25) is 21.8 Å². The Labute approximate surface area is 134 Å². The monoisotopic (exact) mass is 347 g/mol. The van der Waals surface area contributed by atoms with Crippen molar-refractivity contribution in [1.29, 1.82) is 0 Å². The average molecular weight is 348 g/mol. The van der Waals surface area contributed by atoms with Gasteiger partial charge < -0.3 is 10.2 Å². The Kier molecular flexibility index (Phi) is 6.34. The molecule has 22 heavy (non-hydrogen) atoms. The van der Waals surface area contributed by atoms with Gasteiger partial charge in [0.25, 0.3) is 0 Å². The van der Waals surface area contributed by atoms with Gasteiger partial charge in [0, 0.05) is 26.2 Å². The summed E-state index contributed by atoms with van der Waals surface area (Å²) in [4.78, 5) is 24.4. The molecule has 0 unspecified atom stereocenters. The first-order valence-corrected chi connectivity index (χ1v) is 8.16. The van der Waals surface area contributed by atoms with Gasteiger partial charge in [-0.05, 0) is 24.3 Å². The molecule has 1 aromatic rings. The van der Waals surface area contributed by atoms with E-state index >= 15 is 0 Å². The molecule has 0 radical (unpaired) electrons. The second-order valence-corrected chi connectivity index (χ2v) is 7.12. The molecule has 0 spiro atoms. The number of hydrogen-bond acceptors (Lipinski definition) is 4. The van der Waals surface area contributed by atoms with E-state index < -0.39 is 15.9 Å². The summed E-state index contributed by atoms with van der Waals surface area (Å²) in [7, 11) is 0.396. The van der Waals surface area contributed by atoms with Crippen LogP contribution in [-0.4, -0.2) is 63.7 Å². The molecule has 0 aliphatic carbocycles. The third kappa shape index (κ3) is 4.69. The lowest BCUT2D eigenvalue weighted by molar-refractivity contribution is -0.134. The Morgan fingerprint density at radius 1 is 1.14 bits per heavy atom. The number of benzene rings is 1. The van der Waals surface area contributed by atoms with Gasteiger partial charge in [-0.1, -0.05) is 11.6 Å². The van der Waals surface area contributed by atoms with Gasteiger partial charge in [-0.15, -0.1) is 0 Å². The van der Waals surface area contributed by atoms with Gasteiger partial charge in [-0.25, -0.2) is 8.42 Å². The van der Waals surface area contributed by atoms with Crippen LogP contribution in [0, 0.1) is 0 Å². The maximum absolute atomic E-state index is 12.3. The normalized spacial score (nSPS) is 11.3. The van der Waals surface area contributed by atoms with E-state index in [1.54, 1.807) is 0 Å². The quantitative estimate of drug-likeness (QED) is 0.794. The molecule has 2 amide bonds. The number of hydrogen-bond donors (Lipinski definition) is 1. The molecular formula is C13H18ClN3O4S. The number of nitrogens with zero attached hydrogens (tertiary/aromatic N) is 2. The van der Waals surface area contributed by atoms with E-state index in [0.29, 0.717) is 5.02 Å². The maximum Gasteiger partial charge on any atom is 0.243 e. The highest BCUT2D eigenvalue weighted by atomic mass is 35.5. The van der Waals surface area contributed by atoms with Crippen molar-refractivity contribution in [2.45, 2.75) is 4.90 Å². The molecule has 7 nitrogen and oxygen atoms in total. The van der Waals surface area contributed by atoms with Gasteiger partial charge in [-0.2, -0.15) is 4.31 Å². The van der Waals surface area contributed by atoms with E-state index in [2.05, 4.69) is 5.32 Å². The summed E-state index contributed by atoms with van der Waals surface area (Å²) >= 11 is 5.72. The third-order valence-corrected chi connectivity index (χ3v) is 5.03. The molecule has 0 aromatic heterocycles. The number of halogens is 1. The highest BCUT2D eigenvalue weighted by Gasteiger charge is 2.24. The lowest BCUT2D eigenvalue weighted by Crippen LogP contribution is -2.43. The Bertz CT molecular complexity index is 646. The Morgan fingerprint density at radius 3 is 2.18 bits per heavy atom. The molecule has 0 heterocycles. The van der Waals surface area contributed by atoms with Gasteiger partial charge in [0.05, 0.1) is 18.0 Å². The van der Waals surface area contributed by atoms with Crippen LogP contribution in [0.1, 0.15) is 0 Å². The van der Waals surface area contributed by atoms with Crippen molar-refractivity contribution >= 4 is 33.4 Å². The first-order valence-electron chi connectivity index (χ1n) is 6.35. The molecule has 0 bridgehead atoms. The fourth-order valence-electron chi connectivity index (χ4n) is 1.57. The van der Waals surface area contributed by atoms with Crippen LogP contribution in [0.5, 0.6) is 0 Å². The van der Waals surface area contributed by atoms with Crippen LogP contribution in [0.4, 0.5) is 0 Å². The van der Waals surface area contributed by atoms with Gasteiger partial charge in [-0.3, -0.25) is 9.59 Å². The molecule has 122 valence electrons. The van der Waals surface area contributed by atoms with Crippen molar-refractivity contribution in [1.82, 2.24) is 14.5 Å². The minimum Gasteiger partial charge on any atom is -0.358 e. The Balaban J connectivity index is 2.78. The number of rotatable bonds is 6. The minimum atomic E-state index is -3.79. The zero-order valence-corrected chi connectivity index (χ0v) is 14.1. The van der Waals surface area contributed by atoms with Crippen molar-refractivity contribution in [3.05, 3.63) is 29.3 Å². The predicted molar refractivity (Wildman–Crippen MR) is 83.0 cm³/mol. The summed E-state index contributed by atoms with van der Waals surface area (Å²) in [6.45, 7) is -0.497. The Morgan fingerprint density at radius 2 is 1.68 bits per heavy atom.